The fraction of sp³-hybridized carbons (Fsp3) is 0.111. The molecule has 0 saturated heterocycles. The first-order valence-corrected chi connectivity index (χ1v) is 5.26. The molecule has 0 heterocycles. The van der Waals surface area contributed by atoms with E-state index in [1.807, 2.05) is 0 Å². The highest BCUT2D eigenvalue weighted by molar-refractivity contribution is 9.10. The summed E-state index contributed by atoms with van der Waals surface area (Å²) in [4.78, 5) is 10.7. The van der Waals surface area contributed by atoms with Crippen molar-refractivity contribution in [2.75, 3.05) is 7.11 Å². The van der Waals surface area contributed by atoms with Gasteiger partial charge in [-0.15, -0.1) is 0 Å². The molecular formula is C9H8BrClN2O3. The van der Waals surface area contributed by atoms with Gasteiger partial charge in [-0.3, -0.25) is 0 Å². The molecule has 0 aliphatic rings. The molecule has 0 aliphatic carbocycles. The number of rotatable bonds is 2. The van der Waals surface area contributed by atoms with Gasteiger partial charge in [-0.2, -0.15) is 5.10 Å². The Morgan fingerprint density at radius 1 is 1.69 bits per heavy atom. The summed E-state index contributed by atoms with van der Waals surface area (Å²) in [6, 6.07) is 3.14. The lowest BCUT2D eigenvalue weighted by Crippen LogP contribution is -2.16. The number of hydrogen-bond acceptors (Lipinski definition) is 4. The Morgan fingerprint density at radius 2 is 2.38 bits per heavy atom. The number of nitrogens with zero attached hydrogens (tertiary/aromatic N) is 1. The van der Waals surface area contributed by atoms with E-state index in [-0.39, 0.29) is 10.8 Å². The van der Waals surface area contributed by atoms with Crippen molar-refractivity contribution in [1.29, 1.82) is 0 Å². The number of benzene rings is 1. The Morgan fingerprint density at radius 3 is 3.00 bits per heavy atom. The van der Waals surface area contributed by atoms with Crippen molar-refractivity contribution >= 4 is 39.8 Å². The Labute approximate surface area is 105 Å². The normalized spacial score (nSPS) is 10.4. The van der Waals surface area contributed by atoms with Gasteiger partial charge in [-0.25, -0.2) is 10.2 Å². The van der Waals surface area contributed by atoms with Crippen LogP contribution in [-0.2, 0) is 4.74 Å². The summed E-state index contributed by atoms with van der Waals surface area (Å²) in [6.45, 7) is 0. The molecule has 0 saturated carbocycles. The van der Waals surface area contributed by atoms with Gasteiger partial charge in [0.25, 0.3) is 0 Å². The van der Waals surface area contributed by atoms with E-state index in [1.54, 1.807) is 12.1 Å². The second-order valence-electron chi connectivity index (χ2n) is 2.69. The van der Waals surface area contributed by atoms with Gasteiger partial charge in [-0.05, 0) is 12.1 Å². The van der Waals surface area contributed by atoms with Crippen LogP contribution in [0.2, 0.25) is 5.02 Å². The highest BCUT2D eigenvalue weighted by Gasteiger charge is 2.05. The largest absolute Gasteiger partial charge is 0.506 e. The predicted molar refractivity (Wildman–Crippen MR) is 64.0 cm³/mol. The van der Waals surface area contributed by atoms with Crippen LogP contribution in [0, 0.1) is 0 Å². The van der Waals surface area contributed by atoms with E-state index in [0.29, 0.717) is 10.0 Å². The van der Waals surface area contributed by atoms with Crippen molar-refractivity contribution in [2.24, 2.45) is 5.10 Å². The Hall–Kier alpha value is -1.27. The maximum atomic E-state index is 10.7. The van der Waals surface area contributed by atoms with Crippen LogP contribution in [0.1, 0.15) is 5.56 Å². The zero-order chi connectivity index (χ0) is 12.1. The van der Waals surface area contributed by atoms with Gasteiger partial charge >= 0.3 is 6.09 Å². The second kappa shape index (κ2) is 5.72. The molecule has 5 nitrogen and oxygen atoms in total. The van der Waals surface area contributed by atoms with Gasteiger partial charge in [0.15, 0.2) is 0 Å². The van der Waals surface area contributed by atoms with Crippen molar-refractivity contribution in [3.8, 4) is 5.75 Å². The van der Waals surface area contributed by atoms with Crippen LogP contribution in [0.5, 0.6) is 5.75 Å². The van der Waals surface area contributed by atoms with Gasteiger partial charge in [0, 0.05) is 10.0 Å². The van der Waals surface area contributed by atoms with Gasteiger partial charge in [0.2, 0.25) is 0 Å². The molecule has 0 aliphatic heterocycles. The highest BCUT2D eigenvalue weighted by Crippen LogP contribution is 2.30. The third kappa shape index (κ3) is 3.39. The first-order valence-electron chi connectivity index (χ1n) is 4.09. The van der Waals surface area contributed by atoms with Crippen LogP contribution >= 0.6 is 27.5 Å². The molecule has 0 fully saturated rings. The quantitative estimate of drug-likeness (QED) is 0.651. The monoisotopic (exact) mass is 306 g/mol. The van der Waals surface area contributed by atoms with Crippen LogP contribution in [0.15, 0.2) is 21.7 Å². The van der Waals surface area contributed by atoms with E-state index in [0.717, 1.165) is 0 Å². The molecule has 0 bridgehead atoms. The average molecular weight is 308 g/mol. The Kier molecular flexibility index (Phi) is 4.57. The van der Waals surface area contributed by atoms with Gasteiger partial charge in [0.05, 0.1) is 18.3 Å². The zero-order valence-electron chi connectivity index (χ0n) is 8.20. The molecule has 1 rings (SSSR count). The number of carbonyl (C=O) groups excluding carboxylic acids is 1. The molecule has 1 aromatic carbocycles. The molecule has 2 N–H and O–H groups in total. The maximum Gasteiger partial charge on any atom is 0.427 e. The summed E-state index contributed by atoms with van der Waals surface area (Å²) in [5.74, 6) is -0.111. The van der Waals surface area contributed by atoms with Gasteiger partial charge < -0.3 is 9.84 Å². The minimum atomic E-state index is -0.697. The maximum absolute atomic E-state index is 10.7. The van der Waals surface area contributed by atoms with Crippen LogP contribution in [0.4, 0.5) is 4.79 Å². The lowest BCUT2D eigenvalue weighted by Gasteiger charge is -2.02. The third-order valence-electron chi connectivity index (χ3n) is 1.60. The lowest BCUT2D eigenvalue weighted by atomic mass is 10.2. The summed E-state index contributed by atoms with van der Waals surface area (Å²) in [7, 11) is 1.22. The SMILES string of the molecule is COC(=O)NN=Cc1cc(Br)cc(Cl)c1O. The van der Waals surface area contributed by atoms with Gasteiger partial charge in [0.1, 0.15) is 5.75 Å². The molecule has 0 atom stereocenters. The first-order chi connectivity index (χ1) is 7.54. The van der Waals surface area contributed by atoms with Crippen molar-refractivity contribution < 1.29 is 14.6 Å². The molecule has 7 heteroatoms. The Bertz CT molecular complexity index is 437. The number of phenols is 1. The van der Waals surface area contributed by atoms with Crippen LogP contribution in [-0.4, -0.2) is 24.5 Å². The zero-order valence-corrected chi connectivity index (χ0v) is 10.5. The molecule has 1 aromatic rings. The van der Waals surface area contributed by atoms with E-state index < -0.39 is 6.09 Å². The lowest BCUT2D eigenvalue weighted by molar-refractivity contribution is 0.171. The number of hydrogen-bond donors (Lipinski definition) is 2. The number of ether oxygens (including phenoxy) is 1. The minimum absolute atomic E-state index is 0.111. The molecule has 86 valence electrons. The van der Waals surface area contributed by atoms with E-state index >= 15 is 0 Å². The number of phenolic OH excluding ortho intramolecular Hbond substituents is 1. The summed E-state index contributed by atoms with van der Waals surface area (Å²) >= 11 is 8.95. The smallest absolute Gasteiger partial charge is 0.427 e. The summed E-state index contributed by atoms with van der Waals surface area (Å²) < 4.78 is 4.99. The van der Waals surface area contributed by atoms with Crippen molar-refractivity contribution in [3.63, 3.8) is 0 Å². The summed E-state index contributed by atoms with van der Waals surface area (Å²) in [5.41, 5.74) is 2.46. The van der Waals surface area contributed by atoms with Crippen molar-refractivity contribution in [3.05, 3.63) is 27.2 Å². The highest BCUT2D eigenvalue weighted by atomic mass is 79.9. The van der Waals surface area contributed by atoms with Crippen molar-refractivity contribution in [1.82, 2.24) is 5.43 Å². The number of nitrogens with one attached hydrogen (secondary N) is 1. The molecule has 0 radical (unpaired) electrons. The fourth-order valence-electron chi connectivity index (χ4n) is 0.884. The first kappa shape index (κ1) is 12.8. The molecule has 0 unspecified atom stereocenters. The van der Waals surface area contributed by atoms with E-state index in [1.165, 1.54) is 13.3 Å². The van der Waals surface area contributed by atoms with E-state index in [4.69, 9.17) is 11.6 Å². The number of hydrazone groups is 1. The molecule has 0 aromatic heterocycles. The predicted octanol–water partition coefficient (Wildman–Crippen LogP) is 2.50. The molecular weight excluding hydrogens is 299 g/mol. The topological polar surface area (TPSA) is 70.9 Å². The molecule has 1 amide bonds. The third-order valence-corrected chi connectivity index (χ3v) is 2.35. The van der Waals surface area contributed by atoms with Crippen LogP contribution < -0.4 is 5.43 Å². The van der Waals surface area contributed by atoms with Crippen LogP contribution in [0.3, 0.4) is 0 Å². The fourth-order valence-corrected chi connectivity index (χ4v) is 1.72. The summed E-state index contributed by atoms with van der Waals surface area (Å²) in [6.07, 6.45) is 0.555. The van der Waals surface area contributed by atoms with Crippen LogP contribution in [0.25, 0.3) is 0 Å². The summed E-state index contributed by atoms with van der Waals surface area (Å²) in [5, 5.41) is 13.3. The Balaban J connectivity index is 2.85. The molecule has 16 heavy (non-hydrogen) atoms. The van der Waals surface area contributed by atoms with E-state index in [9.17, 15) is 9.90 Å². The second-order valence-corrected chi connectivity index (χ2v) is 4.01. The van der Waals surface area contributed by atoms with E-state index in [2.05, 4.69) is 31.2 Å². The molecule has 0 spiro atoms. The number of amides is 1. The minimum Gasteiger partial charge on any atom is -0.506 e. The van der Waals surface area contributed by atoms with Gasteiger partial charge in [-0.1, -0.05) is 27.5 Å². The standard InChI is InChI=1S/C9H8BrClN2O3/c1-16-9(15)13-12-4-5-2-6(10)3-7(11)8(5)14/h2-4,14H,1H3,(H,13,15). The number of aromatic hydroxyl groups is 1. The average Bonchev–Trinajstić information content (AvgIpc) is 2.24. The number of halogens is 2. The number of methoxy groups -OCH3 is 1. The van der Waals surface area contributed by atoms with Crippen molar-refractivity contribution in [2.45, 2.75) is 0 Å². The number of carbonyl (C=O) groups is 1.